The van der Waals surface area contributed by atoms with Gasteiger partial charge in [0.1, 0.15) is 6.10 Å². The number of ether oxygens (including phenoxy) is 2. The fourth-order valence-electron chi connectivity index (χ4n) is 9.59. The lowest BCUT2D eigenvalue weighted by Gasteiger charge is -2.54. The first-order valence-corrected chi connectivity index (χ1v) is 14.1. The molecule has 2 bridgehead atoms. The van der Waals surface area contributed by atoms with Crippen molar-refractivity contribution in [3.05, 3.63) is 11.6 Å². The minimum atomic E-state index is -0.144. The number of hydrogen-bond acceptors (Lipinski definition) is 3. The van der Waals surface area contributed by atoms with E-state index in [1.54, 1.807) is 12.5 Å². The Bertz CT molecular complexity index is 830. The van der Waals surface area contributed by atoms with Gasteiger partial charge in [-0.25, -0.2) is 0 Å². The van der Waals surface area contributed by atoms with Gasteiger partial charge in [-0.1, -0.05) is 60.5 Å². The largest absolute Gasteiger partial charge is 0.462 e. The first-order chi connectivity index (χ1) is 15.5. The van der Waals surface area contributed by atoms with Crippen LogP contribution in [-0.2, 0) is 14.3 Å². The van der Waals surface area contributed by atoms with Crippen LogP contribution in [0.25, 0.3) is 0 Å². The monoisotopic (exact) mass is 456 g/mol. The molecule has 3 aliphatic carbocycles. The fourth-order valence-corrected chi connectivity index (χ4v) is 9.59. The molecule has 0 aromatic carbocycles. The van der Waals surface area contributed by atoms with E-state index in [4.69, 9.17) is 9.47 Å². The normalized spacial score (nSPS) is 47.5. The van der Waals surface area contributed by atoms with E-state index in [-0.39, 0.29) is 28.7 Å². The number of allylic oxidation sites excluding steroid dienone is 1. The lowest BCUT2D eigenvalue weighted by atomic mass is 9.48. The van der Waals surface area contributed by atoms with Gasteiger partial charge in [-0.2, -0.15) is 0 Å². The maximum atomic E-state index is 11.7. The van der Waals surface area contributed by atoms with E-state index < -0.39 is 0 Å². The minimum absolute atomic E-state index is 0.0251. The van der Waals surface area contributed by atoms with Crippen LogP contribution in [0.15, 0.2) is 11.6 Å². The Kier molecular flexibility index (Phi) is 5.67. The van der Waals surface area contributed by atoms with E-state index in [0.29, 0.717) is 11.3 Å². The van der Waals surface area contributed by atoms with E-state index in [1.807, 2.05) is 0 Å². The molecule has 3 nitrogen and oxygen atoms in total. The Labute approximate surface area is 202 Å². The summed E-state index contributed by atoms with van der Waals surface area (Å²) in [4.78, 5) is 11.7. The maximum Gasteiger partial charge on any atom is 0.302 e. The molecule has 2 saturated carbocycles. The average Bonchev–Trinajstić information content (AvgIpc) is 3.35. The third kappa shape index (κ3) is 3.26. The third-order valence-electron chi connectivity index (χ3n) is 11.8. The molecule has 2 saturated heterocycles. The van der Waals surface area contributed by atoms with Gasteiger partial charge in [-0.3, -0.25) is 4.79 Å². The van der Waals surface area contributed by atoms with Gasteiger partial charge in [0.15, 0.2) is 0 Å². The highest BCUT2D eigenvalue weighted by Gasteiger charge is 2.76. The number of carbonyl (C=O) groups excluding carboxylic acids is 1. The van der Waals surface area contributed by atoms with Crippen molar-refractivity contribution in [2.75, 3.05) is 0 Å². The Balaban J connectivity index is 1.39. The van der Waals surface area contributed by atoms with Crippen molar-refractivity contribution in [1.29, 1.82) is 0 Å². The van der Waals surface area contributed by atoms with Crippen LogP contribution in [0.5, 0.6) is 0 Å². The number of carbonyl (C=O) groups is 1. The Morgan fingerprint density at radius 1 is 1.09 bits per heavy atom. The van der Waals surface area contributed by atoms with Crippen LogP contribution in [0.1, 0.15) is 113 Å². The summed E-state index contributed by atoms with van der Waals surface area (Å²) in [6, 6.07) is 0. The van der Waals surface area contributed by atoms with E-state index in [0.717, 1.165) is 49.4 Å². The molecule has 33 heavy (non-hydrogen) atoms. The SMILES string of the molecule is CC(=O)O[C@@H]1CC[C@]2(C)C3=CC[C@]4(C)[C@H]([C@H](C)CC[C@H](C)C(C)C)CC[C@@H]4[C@@]34CC[C@]2(C1)O4. The molecule has 186 valence electrons. The summed E-state index contributed by atoms with van der Waals surface area (Å²) in [6.45, 7) is 16.4. The van der Waals surface area contributed by atoms with Gasteiger partial charge in [0.25, 0.3) is 0 Å². The predicted molar refractivity (Wildman–Crippen MR) is 133 cm³/mol. The highest BCUT2D eigenvalue weighted by atomic mass is 16.6. The van der Waals surface area contributed by atoms with Gasteiger partial charge in [-0.05, 0) is 85.5 Å². The molecule has 2 spiro atoms. The Morgan fingerprint density at radius 3 is 2.55 bits per heavy atom. The second kappa shape index (κ2) is 7.84. The average molecular weight is 457 g/mol. The zero-order chi connectivity index (χ0) is 23.8. The van der Waals surface area contributed by atoms with Crippen molar-refractivity contribution in [2.24, 2.45) is 40.4 Å². The van der Waals surface area contributed by atoms with Crippen LogP contribution in [0.3, 0.4) is 0 Å². The van der Waals surface area contributed by atoms with Crippen LogP contribution in [0.4, 0.5) is 0 Å². The molecule has 0 aromatic rings. The van der Waals surface area contributed by atoms with Gasteiger partial charge in [0.05, 0.1) is 11.2 Å². The smallest absolute Gasteiger partial charge is 0.302 e. The van der Waals surface area contributed by atoms with Crippen molar-refractivity contribution in [2.45, 2.75) is 130 Å². The predicted octanol–water partition coefficient (Wildman–Crippen LogP) is 7.48. The molecule has 0 aromatic heterocycles. The maximum absolute atomic E-state index is 11.7. The van der Waals surface area contributed by atoms with Gasteiger partial charge in [-0.15, -0.1) is 0 Å². The molecular weight excluding hydrogens is 408 g/mol. The second-order valence-electron chi connectivity index (χ2n) is 13.6. The molecule has 0 radical (unpaired) electrons. The van der Waals surface area contributed by atoms with Crippen molar-refractivity contribution >= 4 is 5.97 Å². The highest BCUT2D eigenvalue weighted by Crippen LogP contribution is 2.76. The van der Waals surface area contributed by atoms with Gasteiger partial charge < -0.3 is 9.47 Å². The summed E-state index contributed by atoms with van der Waals surface area (Å²) < 4.78 is 13.1. The number of esters is 1. The second-order valence-corrected chi connectivity index (χ2v) is 13.6. The van der Waals surface area contributed by atoms with Crippen molar-refractivity contribution in [1.82, 2.24) is 0 Å². The molecular formula is C30H48O3. The molecule has 3 heteroatoms. The van der Waals surface area contributed by atoms with Crippen molar-refractivity contribution < 1.29 is 14.3 Å². The van der Waals surface area contributed by atoms with Crippen molar-refractivity contribution in [3.63, 3.8) is 0 Å². The molecule has 5 aliphatic rings. The molecule has 2 heterocycles. The highest BCUT2D eigenvalue weighted by molar-refractivity contribution is 5.66. The van der Waals surface area contributed by atoms with Crippen LogP contribution >= 0.6 is 0 Å². The van der Waals surface area contributed by atoms with E-state index >= 15 is 0 Å². The number of fused-ring (bicyclic) bond motifs is 2. The quantitative estimate of drug-likeness (QED) is 0.307. The van der Waals surface area contributed by atoms with Crippen molar-refractivity contribution in [3.8, 4) is 0 Å². The van der Waals surface area contributed by atoms with Crippen LogP contribution < -0.4 is 0 Å². The van der Waals surface area contributed by atoms with Crippen LogP contribution in [-0.4, -0.2) is 23.3 Å². The number of hydrogen-bond donors (Lipinski definition) is 0. The summed E-state index contributed by atoms with van der Waals surface area (Å²) >= 11 is 0. The zero-order valence-corrected chi connectivity index (χ0v) is 22.3. The summed E-state index contributed by atoms with van der Waals surface area (Å²) in [5, 5.41) is 0. The fraction of sp³-hybridized carbons (Fsp3) is 0.900. The number of rotatable bonds is 6. The summed E-state index contributed by atoms with van der Waals surface area (Å²) in [6.07, 6.45) is 14.6. The summed E-state index contributed by atoms with van der Waals surface area (Å²) in [5.41, 5.74) is 1.95. The first-order valence-electron chi connectivity index (χ1n) is 14.1. The first kappa shape index (κ1) is 23.9. The molecule has 0 amide bonds. The van der Waals surface area contributed by atoms with E-state index in [9.17, 15) is 4.79 Å². The van der Waals surface area contributed by atoms with Gasteiger partial charge in [0.2, 0.25) is 0 Å². The molecule has 5 rings (SSSR count). The molecule has 2 aliphatic heterocycles. The molecule has 4 fully saturated rings. The summed E-state index contributed by atoms with van der Waals surface area (Å²) in [5.74, 6) is 3.69. The van der Waals surface area contributed by atoms with Crippen LogP contribution in [0, 0.1) is 40.4 Å². The zero-order valence-electron chi connectivity index (χ0n) is 22.3. The minimum Gasteiger partial charge on any atom is -0.462 e. The molecule has 9 atom stereocenters. The van der Waals surface area contributed by atoms with Crippen LogP contribution in [0.2, 0.25) is 0 Å². The lowest BCUT2D eigenvalue weighted by molar-refractivity contribution is -0.167. The van der Waals surface area contributed by atoms with E-state index in [1.165, 1.54) is 38.5 Å². The third-order valence-corrected chi connectivity index (χ3v) is 11.8. The lowest BCUT2D eigenvalue weighted by Crippen LogP contribution is -2.53. The van der Waals surface area contributed by atoms with Gasteiger partial charge in [0, 0.05) is 18.8 Å². The summed E-state index contributed by atoms with van der Waals surface area (Å²) in [7, 11) is 0. The van der Waals surface area contributed by atoms with E-state index in [2.05, 4.69) is 47.6 Å². The Hall–Kier alpha value is -0.830. The van der Waals surface area contributed by atoms with Gasteiger partial charge >= 0.3 is 5.97 Å². The standard InChI is InChI=1S/C30H48O3/c1-19(2)20(3)8-9-21(4)24-10-11-25-27(24,6)14-13-26-28(7)15-12-23(32-22(5)31)18-29(28)16-17-30(25,26)33-29/h13,19-21,23-25H,8-12,14-18H2,1-7H3/t20-,21+,23+,24-,25-,27+,28+,29+,30-/m0/s1. The molecule has 0 unspecified atom stereocenters. The Morgan fingerprint density at radius 2 is 1.85 bits per heavy atom. The molecule has 0 N–H and O–H groups in total. The topological polar surface area (TPSA) is 35.5 Å².